The van der Waals surface area contributed by atoms with Gasteiger partial charge in [0.2, 0.25) is 0 Å². The van der Waals surface area contributed by atoms with E-state index >= 15 is 0 Å². The molecule has 2 aliphatic carbocycles. The summed E-state index contributed by atoms with van der Waals surface area (Å²) in [6, 6.07) is 24.0. The van der Waals surface area contributed by atoms with Crippen molar-refractivity contribution in [3.05, 3.63) is 119 Å². The first-order chi connectivity index (χ1) is 14.7. The highest BCUT2D eigenvalue weighted by molar-refractivity contribution is 5.89. The number of benzene rings is 3. The van der Waals surface area contributed by atoms with Crippen LogP contribution in [0.5, 0.6) is 0 Å². The Hall–Kier alpha value is -3.32. The maximum Gasteiger partial charge on any atom is 0.0387 e. The van der Waals surface area contributed by atoms with Gasteiger partial charge in [-0.05, 0) is 62.7 Å². The van der Waals surface area contributed by atoms with Gasteiger partial charge in [-0.15, -0.1) is 0 Å². The Morgan fingerprint density at radius 2 is 1.32 bits per heavy atom. The van der Waals surface area contributed by atoms with Crippen LogP contribution < -0.4 is 5.32 Å². The van der Waals surface area contributed by atoms with Crippen molar-refractivity contribution in [2.75, 3.05) is 5.32 Å². The third kappa shape index (κ3) is 2.84. The van der Waals surface area contributed by atoms with Gasteiger partial charge in [-0.2, -0.15) is 0 Å². The first-order valence-corrected chi connectivity index (χ1v) is 10.9. The third-order valence-electron chi connectivity index (χ3n) is 7.13. The van der Waals surface area contributed by atoms with Crippen molar-refractivity contribution in [2.45, 2.75) is 38.5 Å². The highest BCUT2D eigenvalue weighted by Gasteiger charge is 2.37. The quantitative estimate of drug-likeness (QED) is 0.469. The number of anilines is 1. The second kappa shape index (κ2) is 6.59. The average Bonchev–Trinajstić information content (AvgIpc) is 3.09. The van der Waals surface area contributed by atoms with Gasteiger partial charge in [0.1, 0.15) is 0 Å². The molecule has 1 nitrogen and oxygen atoms in total. The number of rotatable bonds is 3. The molecule has 0 saturated carbocycles. The lowest BCUT2D eigenvalue weighted by Crippen LogP contribution is -2.16. The van der Waals surface area contributed by atoms with Crippen molar-refractivity contribution in [1.29, 1.82) is 0 Å². The molecule has 1 heteroatoms. The molecule has 0 bridgehead atoms. The topological polar surface area (TPSA) is 12.0 Å². The molecule has 0 amide bonds. The SMILES string of the molecule is C=C(/C=C1\C(=C)c2ccccc2C1(C)C)Nc1ccc2c(c1)C(C)(C)c1ccccc1-2. The lowest BCUT2D eigenvalue weighted by molar-refractivity contribution is 0.660. The maximum absolute atomic E-state index is 4.38. The zero-order valence-corrected chi connectivity index (χ0v) is 18.8. The van der Waals surface area contributed by atoms with Gasteiger partial charge in [-0.3, -0.25) is 0 Å². The molecular formula is C30H29N. The molecule has 0 radical (unpaired) electrons. The molecular weight excluding hydrogens is 374 g/mol. The van der Waals surface area contributed by atoms with E-state index in [0.717, 1.165) is 17.0 Å². The first kappa shape index (κ1) is 19.6. The number of hydrogen-bond donors (Lipinski definition) is 1. The number of nitrogens with one attached hydrogen (secondary N) is 1. The zero-order chi connectivity index (χ0) is 22.0. The molecule has 0 saturated heterocycles. The molecule has 31 heavy (non-hydrogen) atoms. The van der Waals surface area contributed by atoms with Crippen molar-refractivity contribution in [2.24, 2.45) is 0 Å². The summed E-state index contributed by atoms with van der Waals surface area (Å²) < 4.78 is 0. The van der Waals surface area contributed by atoms with Crippen molar-refractivity contribution in [3.63, 3.8) is 0 Å². The lowest BCUT2D eigenvalue weighted by Gasteiger charge is -2.23. The Kier molecular flexibility index (Phi) is 4.17. The summed E-state index contributed by atoms with van der Waals surface area (Å²) in [4.78, 5) is 0. The Labute approximate surface area is 185 Å². The van der Waals surface area contributed by atoms with Gasteiger partial charge in [0.15, 0.2) is 0 Å². The lowest BCUT2D eigenvalue weighted by atomic mass is 9.82. The molecule has 0 aliphatic heterocycles. The molecule has 0 heterocycles. The summed E-state index contributed by atoms with van der Waals surface area (Å²) in [5.41, 5.74) is 12.2. The monoisotopic (exact) mass is 403 g/mol. The van der Waals surface area contributed by atoms with Crippen LogP contribution >= 0.6 is 0 Å². The highest BCUT2D eigenvalue weighted by atomic mass is 14.9. The predicted octanol–water partition coefficient (Wildman–Crippen LogP) is 7.85. The fraction of sp³-hybridized carbons (Fsp3) is 0.200. The van der Waals surface area contributed by atoms with E-state index in [9.17, 15) is 0 Å². The van der Waals surface area contributed by atoms with Gasteiger partial charge < -0.3 is 5.32 Å². The summed E-state index contributed by atoms with van der Waals surface area (Å²) in [6.07, 6.45) is 2.16. The largest absolute Gasteiger partial charge is 0.356 e. The van der Waals surface area contributed by atoms with Crippen LogP contribution in [0.3, 0.4) is 0 Å². The van der Waals surface area contributed by atoms with E-state index < -0.39 is 0 Å². The standard InChI is InChI=1S/C30H29N/c1-19(17-27-20(2)22-11-7-9-13-25(22)29(27,3)4)31-21-15-16-24-23-12-8-10-14-26(23)30(5,6)28(24)18-21/h7-18,31H,1-2H2,3-6H3/b27-17+. The molecule has 3 aromatic carbocycles. The second-order valence-electron chi connectivity index (χ2n) is 9.79. The molecule has 5 rings (SSSR count). The molecule has 0 spiro atoms. The van der Waals surface area contributed by atoms with E-state index in [4.69, 9.17) is 0 Å². The molecule has 0 atom stereocenters. The number of fused-ring (bicyclic) bond motifs is 4. The van der Waals surface area contributed by atoms with Crippen LogP contribution in [0.25, 0.3) is 16.7 Å². The predicted molar refractivity (Wildman–Crippen MR) is 133 cm³/mol. The molecule has 3 aromatic rings. The molecule has 0 aromatic heterocycles. The number of allylic oxidation sites excluding steroid dienone is 3. The van der Waals surface area contributed by atoms with Gasteiger partial charge in [-0.25, -0.2) is 0 Å². The summed E-state index contributed by atoms with van der Waals surface area (Å²) >= 11 is 0. The molecule has 2 aliphatic rings. The molecule has 0 fully saturated rings. The Morgan fingerprint density at radius 3 is 2.00 bits per heavy atom. The first-order valence-electron chi connectivity index (χ1n) is 10.9. The Bertz CT molecular complexity index is 1280. The Morgan fingerprint density at radius 1 is 0.742 bits per heavy atom. The fourth-order valence-corrected chi connectivity index (χ4v) is 5.40. The number of hydrogen-bond acceptors (Lipinski definition) is 1. The van der Waals surface area contributed by atoms with Crippen molar-refractivity contribution < 1.29 is 0 Å². The van der Waals surface area contributed by atoms with Crippen molar-refractivity contribution >= 4 is 11.3 Å². The third-order valence-corrected chi connectivity index (χ3v) is 7.13. The minimum absolute atomic E-state index is 0.00715. The van der Waals surface area contributed by atoms with Crippen LogP contribution in [0.2, 0.25) is 0 Å². The van der Waals surface area contributed by atoms with E-state index in [1.807, 2.05) is 0 Å². The smallest absolute Gasteiger partial charge is 0.0387 e. The van der Waals surface area contributed by atoms with Crippen LogP contribution in [0.1, 0.15) is 49.9 Å². The van der Waals surface area contributed by atoms with Gasteiger partial charge in [0.05, 0.1) is 0 Å². The Balaban J connectivity index is 1.46. The second-order valence-corrected chi connectivity index (χ2v) is 9.79. The van der Waals surface area contributed by atoms with E-state index in [2.05, 4.69) is 119 Å². The molecule has 0 unspecified atom stereocenters. The van der Waals surface area contributed by atoms with E-state index in [1.165, 1.54) is 39.0 Å². The molecule has 1 N–H and O–H groups in total. The van der Waals surface area contributed by atoms with Crippen LogP contribution in [0.15, 0.2) is 97.2 Å². The fourth-order valence-electron chi connectivity index (χ4n) is 5.40. The summed E-state index contributed by atoms with van der Waals surface area (Å²) in [5, 5.41) is 3.54. The van der Waals surface area contributed by atoms with E-state index in [-0.39, 0.29) is 10.8 Å². The normalized spacial score (nSPS) is 18.5. The van der Waals surface area contributed by atoms with Gasteiger partial charge in [-0.1, -0.05) is 95.5 Å². The van der Waals surface area contributed by atoms with Gasteiger partial charge in [0.25, 0.3) is 0 Å². The minimum atomic E-state index is -0.0835. The van der Waals surface area contributed by atoms with Crippen LogP contribution in [-0.4, -0.2) is 0 Å². The van der Waals surface area contributed by atoms with Crippen LogP contribution in [-0.2, 0) is 10.8 Å². The average molecular weight is 404 g/mol. The summed E-state index contributed by atoms with van der Waals surface area (Å²) in [6.45, 7) is 17.8. The van der Waals surface area contributed by atoms with E-state index in [0.29, 0.717) is 0 Å². The minimum Gasteiger partial charge on any atom is -0.356 e. The zero-order valence-electron chi connectivity index (χ0n) is 18.8. The van der Waals surface area contributed by atoms with Crippen molar-refractivity contribution in [1.82, 2.24) is 0 Å². The highest BCUT2D eigenvalue weighted by Crippen LogP contribution is 2.50. The van der Waals surface area contributed by atoms with Gasteiger partial charge >= 0.3 is 0 Å². The van der Waals surface area contributed by atoms with E-state index in [1.54, 1.807) is 0 Å². The molecule has 154 valence electrons. The van der Waals surface area contributed by atoms with Crippen LogP contribution in [0, 0.1) is 0 Å². The van der Waals surface area contributed by atoms with Crippen LogP contribution in [0.4, 0.5) is 5.69 Å². The maximum atomic E-state index is 4.38. The van der Waals surface area contributed by atoms with Gasteiger partial charge in [0, 0.05) is 22.2 Å². The van der Waals surface area contributed by atoms with Crippen molar-refractivity contribution in [3.8, 4) is 11.1 Å². The summed E-state index contributed by atoms with van der Waals surface area (Å²) in [7, 11) is 0. The summed E-state index contributed by atoms with van der Waals surface area (Å²) in [5.74, 6) is 0.